The van der Waals surface area contributed by atoms with Crippen LogP contribution in [0.5, 0.6) is 0 Å². The van der Waals surface area contributed by atoms with Crippen LogP contribution in [0.25, 0.3) is 11.0 Å². The van der Waals surface area contributed by atoms with Crippen LogP contribution in [0, 0.1) is 18.8 Å². The van der Waals surface area contributed by atoms with Gasteiger partial charge in [-0.05, 0) is 30.2 Å². The van der Waals surface area contributed by atoms with Crippen LogP contribution in [0.1, 0.15) is 24.1 Å². The Bertz CT molecular complexity index is 1090. The van der Waals surface area contributed by atoms with Crippen molar-refractivity contribution < 1.29 is 9.59 Å². The van der Waals surface area contributed by atoms with Crippen LogP contribution in [0.15, 0.2) is 48.5 Å². The summed E-state index contributed by atoms with van der Waals surface area (Å²) < 4.78 is 0. The fourth-order valence-electron chi connectivity index (χ4n) is 5.09. The van der Waals surface area contributed by atoms with Gasteiger partial charge in [0.05, 0.1) is 6.04 Å². The van der Waals surface area contributed by atoms with E-state index in [0.29, 0.717) is 25.6 Å². The first kappa shape index (κ1) is 18.8. The van der Waals surface area contributed by atoms with E-state index in [9.17, 15) is 9.59 Å². The van der Waals surface area contributed by atoms with Crippen molar-refractivity contribution in [2.75, 3.05) is 19.6 Å². The molecule has 3 atom stereocenters. The van der Waals surface area contributed by atoms with Gasteiger partial charge in [0.2, 0.25) is 11.8 Å². The number of amides is 2. The largest absolute Gasteiger partial charge is 0.340 e. The number of carbonyl (C=O) groups excluding carboxylic acids is 2. The van der Waals surface area contributed by atoms with E-state index in [1.807, 2.05) is 46.2 Å². The molecular weight excluding hydrogens is 378 g/mol. The second kappa shape index (κ2) is 7.23. The van der Waals surface area contributed by atoms with Crippen molar-refractivity contribution in [1.82, 2.24) is 24.8 Å². The third-order valence-corrected chi connectivity index (χ3v) is 6.53. The maximum absolute atomic E-state index is 13.0. The van der Waals surface area contributed by atoms with Gasteiger partial charge in [0.1, 0.15) is 17.6 Å². The van der Waals surface area contributed by atoms with Crippen molar-refractivity contribution in [3.05, 3.63) is 59.7 Å². The van der Waals surface area contributed by atoms with Gasteiger partial charge in [0.15, 0.2) is 0 Å². The van der Waals surface area contributed by atoms with Gasteiger partial charge < -0.3 is 9.80 Å². The summed E-state index contributed by atoms with van der Waals surface area (Å²) >= 11 is 0. The zero-order valence-electron chi connectivity index (χ0n) is 17.2. The van der Waals surface area contributed by atoms with Gasteiger partial charge in [-0.1, -0.05) is 36.4 Å². The lowest BCUT2D eigenvalue weighted by molar-refractivity contribution is -0.132. The van der Waals surface area contributed by atoms with Crippen LogP contribution in [-0.2, 0) is 16.1 Å². The van der Waals surface area contributed by atoms with Gasteiger partial charge in [0.25, 0.3) is 0 Å². The van der Waals surface area contributed by atoms with E-state index < -0.39 is 0 Å². The Kier molecular flexibility index (Phi) is 4.53. The van der Waals surface area contributed by atoms with Crippen molar-refractivity contribution in [3.8, 4) is 0 Å². The molecule has 2 amide bonds. The lowest BCUT2D eigenvalue weighted by atomic mass is 9.87. The first-order valence-electron chi connectivity index (χ1n) is 10.4. The second-order valence-electron chi connectivity index (χ2n) is 8.41. The van der Waals surface area contributed by atoms with Gasteiger partial charge in [-0.25, -0.2) is 0 Å². The zero-order chi connectivity index (χ0) is 20.8. The van der Waals surface area contributed by atoms with Crippen LogP contribution >= 0.6 is 0 Å². The molecule has 30 heavy (non-hydrogen) atoms. The van der Waals surface area contributed by atoms with Crippen molar-refractivity contribution in [3.63, 3.8) is 0 Å². The minimum absolute atomic E-state index is 0.0249. The molecule has 2 fully saturated rings. The standard InChI is InChI=1S/C23H25N5O2/c1-15-7-3-4-8-18(15)23-19-13-26(11-17(19)12-27(23)16(2)29)22(30)14-28-24-20-9-5-6-10-21(20)25-28/h3-10,17,19,23H,11-14H2,1-2H3/t17-,19-,23-/m1/s1. The molecule has 0 N–H and O–H groups in total. The number of fused-ring (bicyclic) bond motifs is 2. The van der Waals surface area contributed by atoms with E-state index in [1.54, 1.807) is 6.92 Å². The summed E-state index contributed by atoms with van der Waals surface area (Å²) in [4.78, 5) is 30.7. The molecule has 3 aromatic rings. The third kappa shape index (κ3) is 3.14. The Balaban J connectivity index is 1.35. The lowest BCUT2D eigenvalue weighted by Crippen LogP contribution is -2.38. The molecule has 7 nitrogen and oxygen atoms in total. The zero-order valence-corrected chi connectivity index (χ0v) is 17.2. The topological polar surface area (TPSA) is 71.3 Å². The summed E-state index contributed by atoms with van der Waals surface area (Å²) in [5, 5.41) is 8.82. The predicted octanol–water partition coefficient (Wildman–Crippen LogP) is 2.42. The van der Waals surface area contributed by atoms with Gasteiger partial charge in [-0.15, -0.1) is 0 Å². The second-order valence-corrected chi connectivity index (χ2v) is 8.41. The molecule has 2 saturated heterocycles. The van der Waals surface area contributed by atoms with Gasteiger partial charge in [0, 0.05) is 38.4 Å². The number of aromatic nitrogens is 3. The number of carbonyl (C=O) groups is 2. The smallest absolute Gasteiger partial charge is 0.246 e. The van der Waals surface area contributed by atoms with Crippen LogP contribution in [0.4, 0.5) is 0 Å². The van der Waals surface area contributed by atoms with Gasteiger partial charge in [-0.3, -0.25) is 9.59 Å². The number of likely N-dealkylation sites (tertiary alicyclic amines) is 2. The van der Waals surface area contributed by atoms with Gasteiger partial charge >= 0.3 is 0 Å². The molecule has 5 rings (SSSR count). The normalized spacial score (nSPS) is 23.2. The van der Waals surface area contributed by atoms with Crippen molar-refractivity contribution >= 4 is 22.8 Å². The molecule has 0 aliphatic carbocycles. The minimum atomic E-state index is 0.0249. The van der Waals surface area contributed by atoms with Gasteiger partial charge in [-0.2, -0.15) is 15.0 Å². The maximum Gasteiger partial charge on any atom is 0.246 e. The number of nitrogens with zero attached hydrogens (tertiary/aromatic N) is 5. The minimum Gasteiger partial charge on any atom is -0.340 e. The molecule has 2 aliphatic rings. The fraction of sp³-hybridized carbons (Fsp3) is 0.391. The molecule has 154 valence electrons. The molecule has 1 aromatic heterocycles. The van der Waals surface area contributed by atoms with Crippen LogP contribution in [0.2, 0.25) is 0 Å². The highest BCUT2D eigenvalue weighted by atomic mass is 16.2. The number of hydrogen-bond acceptors (Lipinski definition) is 4. The average molecular weight is 403 g/mol. The average Bonchev–Trinajstić information content (AvgIpc) is 3.40. The fourth-order valence-corrected chi connectivity index (χ4v) is 5.09. The molecule has 2 aliphatic heterocycles. The summed E-state index contributed by atoms with van der Waals surface area (Å²) in [7, 11) is 0. The molecule has 0 radical (unpaired) electrons. The Morgan fingerprint density at radius 1 is 0.967 bits per heavy atom. The predicted molar refractivity (Wildman–Crippen MR) is 112 cm³/mol. The first-order valence-corrected chi connectivity index (χ1v) is 10.4. The van der Waals surface area contributed by atoms with Crippen LogP contribution < -0.4 is 0 Å². The molecule has 0 unspecified atom stereocenters. The SMILES string of the molecule is CC(=O)N1C[C@H]2CN(C(=O)Cn3nc4ccccc4n3)C[C@H]2[C@H]1c1ccccc1C. The van der Waals surface area contributed by atoms with E-state index >= 15 is 0 Å². The summed E-state index contributed by atoms with van der Waals surface area (Å²) in [5.74, 6) is 0.682. The molecule has 0 bridgehead atoms. The highest BCUT2D eigenvalue weighted by Gasteiger charge is 2.49. The number of aryl methyl sites for hydroxylation is 1. The van der Waals surface area contributed by atoms with E-state index in [1.165, 1.54) is 15.9 Å². The van der Waals surface area contributed by atoms with Crippen molar-refractivity contribution in [2.45, 2.75) is 26.4 Å². The van der Waals surface area contributed by atoms with Crippen molar-refractivity contribution in [2.24, 2.45) is 11.8 Å². The summed E-state index contributed by atoms with van der Waals surface area (Å²) in [6.07, 6.45) is 0. The van der Waals surface area contributed by atoms with Crippen LogP contribution in [0.3, 0.4) is 0 Å². The molecule has 0 saturated carbocycles. The Morgan fingerprint density at radius 3 is 2.30 bits per heavy atom. The Labute approximate surface area is 175 Å². The molecular formula is C23H25N5O2. The molecule has 0 spiro atoms. The van der Waals surface area contributed by atoms with E-state index in [-0.39, 0.29) is 30.3 Å². The number of benzene rings is 2. The highest BCUT2D eigenvalue weighted by molar-refractivity contribution is 5.78. The van der Waals surface area contributed by atoms with E-state index in [4.69, 9.17) is 0 Å². The molecule has 2 aromatic carbocycles. The van der Waals surface area contributed by atoms with E-state index in [0.717, 1.165) is 11.0 Å². The quantitative estimate of drug-likeness (QED) is 0.673. The summed E-state index contributed by atoms with van der Waals surface area (Å²) in [6, 6.07) is 15.9. The first-order chi connectivity index (χ1) is 14.5. The number of hydrogen-bond donors (Lipinski definition) is 0. The molecule has 3 heterocycles. The molecule has 7 heteroatoms. The van der Waals surface area contributed by atoms with Crippen LogP contribution in [-0.4, -0.2) is 56.2 Å². The third-order valence-electron chi connectivity index (χ3n) is 6.53. The maximum atomic E-state index is 13.0. The van der Waals surface area contributed by atoms with E-state index in [2.05, 4.69) is 29.3 Å². The summed E-state index contributed by atoms with van der Waals surface area (Å²) in [5.41, 5.74) is 3.96. The lowest BCUT2D eigenvalue weighted by Gasteiger charge is -2.30. The monoisotopic (exact) mass is 403 g/mol. The number of rotatable bonds is 3. The Hall–Kier alpha value is -3.22. The highest BCUT2D eigenvalue weighted by Crippen LogP contribution is 2.45. The van der Waals surface area contributed by atoms with Crippen molar-refractivity contribution in [1.29, 1.82) is 0 Å². The summed E-state index contributed by atoms with van der Waals surface area (Å²) in [6.45, 7) is 5.91. The Morgan fingerprint density at radius 2 is 1.63 bits per heavy atom.